The van der Waals surface area contributed by atoms with Gasteiger partial charge in [-0.25, -0.2) is 0 Å². The van der Waals surface area contributed by atoms with Crippen molar-refractivity contribution in [3.8, 4) is 5.75 Å². The first-order valence-corrected chi connectivity index (χ1v) is 7.82. The molecule has 1 fully saturated rings. The van der Waals surface area contributed by atoms with Gasteiger partial charge in [0, 0.05) is 10.0 Å². The molecule has 1 N–H and O–H groups in total. The molecule has 9 heteroatoms. The summed E-state index contributed by atoms with van der Waals surface area (Å²) in [7, 11) is 1.17. The van der Waals surface area contributed by atoms with Crippen molar-refractivity contribution in [2.45, 2.75) is 0 Å². The highest BCUT2D eigenvalue weighted by molar-refractivity contribution is 9.10. The lowest BCUT2D eigenvalue weighted by Crippen LogP contribution is -2.34. The van der Waals surface area contributed by atoms with E-state index in [1.807, 2.05) is 0 Å². The van der Waals surface area contributed by atoms with Crippen LogP contribution in [0.25, 0.3) is 6.08 Å². The van der Waals surface area contributed by atoms with Crippen LogP contribution in [0.2, 0.25) is 5.02 Å². The van der Waals surface area contributed by atoms with E-state index in [9.17, 15) is 19.5 Å². The van der Waals surface area contributed by atoms with Gasteiger partial charge in [0.1, 0.15) is 12.3 Å². The van der Waals surface area contributed by atoms with Crippen molar-refractivity contribution >= 4 is 62.5 Å². The third-order valence-electron chi connectivity index (χ3n) is 2.73. The maximum Gasteiger partial charge on any atom is 0.325 e. The monoisotopic (exact) mass is 405 g/mol. The Hall–Kier alpha value is -1.51. The summed E-state index contributed by atoms with van der Waals surface area (Å²) < 4.78 is 5.04. The predicted molar refractivity (Wildman–Crippen MR) is 85.5 cm³/mol. The van der Waals surface area contributed by atoms with Crippen molar-refractivity contribution in [3.63, 3.8) is 0 Å². The van der Waals surface area contributed by atoms with Crippen molar-refractivity contribution < 1.29 is 24.2 Å². The minimum absolute atomic E-state index is 0.0818. The first kappa shape index (κ1) is 16.9. The Labute approximate surface area is 143 Å². The van der Waals surface area contributed by atoms with Crippen LogP contribution >= 0.6 is 39.3 Å². The summed E-state index contributed by atoms with van der Waals surface area (Å²) in [5.74, 6) is -1.53. The van der Waals surface area contributed by atoms with E-state index in [-0.39, 0.29) is 21.2 Å². The van der Waals surface area contributed by atoms with Gasteiger partial charge in [0.25, 0.3) is 11.1 Å². The lowest BCUT2D eigenvalue weighted by molar-refractivity contribution is -0.143. The normalized spacial score (nSPS) is 16.5. The highest BCUT2D eigenvalue weighted by Gasteiger charge is 2.36. The molecule has 1 aliphatic heterocycles. The van der Waals surface area contributed by atoms with E-state index in [1.54, 1.807) is 6.07 Å². The maximum absolute atomic E-state index is 12.1. The van der Waals surface area contributed by atoms with Gasteiger partial charge < -0.3 is 9.84 Å². The quantitative estimate of drug-likeness (QED) is 0.613. The summed E-state index contributed by atoms with van der Waals surface area (Å²) in [6.07, 6.45) is 1.34. The number of methoxy groups -OCH3 is 1. The van der Waals surface area contributed by atoms with E-state index in [1.165, 1.54) is 19.3 Å². The number of benzene rings is 1. The SMILES string of the molecule is COC(=O)CN1C(=O)S/C(=C/c2cc(Br)cc(Cl)c2O)C1=O. The van der Waals surface area contributed by atoms with Crippen LogP contribution in [0.3, 0.4) is 0 Å². The zero-order valence-electron chi connectivity index (χ0n) is 11.1. The molecule has 1 aliphatic rings. The average molecular weight is 407 g/mol. The lowest BCUT2D eigenvalue weighted by Gasteiger charge is -2.09. The molecule has 1 heterocycles. The molecule has 0 bridgehead atoms. The largest absolute Gasteiger partial charge is 0.506 e. The summed E-state index contributed by atoms with van der Waals surface area (Å²) >= 11 is 9.74. The minimum Gasteiger partial charge on any atom is -0.506 e. The van der Waals surface area contributed by atoms with E-state index in [0.29, 0.717) is 16.2 Å². The van der Waals surface area contributed by atoms with Crippen molar-refractivity contribution in [1.82, 2.24) is 4.90 Å². The molecule has 116 valence electrons. The molecular weight excluding hydrogens is 398 g/mol. The highest BCUT2D eigenvalue weighted by Crippen LogP contribution is 2.37. The van der Waals surface area contributed by atoms with Gasteiger partial charge in [-0.15, -0.1) is 0 Å². The fourth-order valence-corrected chi connectivity index (χ4v) is 3.33. The second kappa shape index (κ2) is 6.72. The number of phenols is 1. The van der Waals surface area contributed by atoms with Crippen molar-refractivity contribution in [2.75, 3.05) is 13.7 Å². The summed E-state index contributed by atoms with van der Waals surface area (Å²) in [6, 6.07) is 3.05. The van der Waals surface area contributed by atoms with E-state index in [0.717, 1.165) is 4.90 Å². The third-order valence-corrected chi connectivity index (χ3v) is 4.39. The van der Waals surface area contributed by atoms with Gasteiger partial charge >= 0.3 is 5.97 Å². The Bertz CT molecular complexity index is 706. The molecule has 0 unspecified atom stereocenters. The van der Waals surface area contributed by atoms with Crippen LogP contribution in [0.15, 0.2) is 21.5 Å². The number of amides is 2. The molecule has 1 aromatic carbocycles. The molecule has 2 rings (SSSR count). The lowest BCUT2D eigenvalue weighted by atomic mass is 10.2. The molecule has 2 amide bonds. The van der Waals surface area contributed by atoms with Crippen LogP contribution in [-0.4, -0.2) is 40.8 Å². The van der Waals surface area contributed by atoms with Crippen LogP contribution in [0, 0.1) is 0 Å². The molecule has 22 heavy (non-hydrogen) atoms. The number of carbonyl (C=O) groups excluding carboxylic acids is 3. The number of hydrogen-bond donors (Lipinski definition) is 1. The molecule has 1 aromatic rings. The van der Waals surface area contributed by atoms with Crippen molar-refractivity contribution in [2.24, 2.45) is 0 Å². The van der Waals surface area contributed by atoms with Gasteiger partial charge in [-0.05, 0) is 30.0 Å². The number of phenolic OH excluding ortho intramolecular Hbond substituents is 1. The summed E-state index contributed by atoms with van der Waals surface area (Å²) in [5, 5.41) is 9.42. The highest BCUT2D eigenvalue weighted by atomic mass is 79.9. The Balaban J connectivity index is 2.33. The summed E-state index contributed by atoms with van der Waals surface area (Å²) in [4.78, 5) is 36.0. The Morgan fingerprint density at radius 2 is 2.18 bits per heavy atom. The number of aromatic hydroxyl groups is 1. The Morgan fingerprint density at radius 1 is 1.50 bits per heavy atom. The van der Waals surface area contributed by atoms with E-state index in [2.05, 4.69) is 20.7 Å². The molecule has 0 radical (unpaired) electrons. The van der Waals surface area contributed by atoms with Gasteiger partial charge in [-0.3, -0.25) is 19.3 Å². The molecule has 0 saturated carbocycles. The van der Waals surface area contributed by atoms with E-state index in [4.69, 9.17) is 11.6 Å². The summed E-state index contributed by atoms with van der Waals surface area (Å²) in [5.41, 5.74) is 0.281. The first-order valence-electron chi connectivity index (χ1n) is 5.83. The number of nitrogens with zero attached hydrogens (tertiary/aromatic N) is 1. The Morgan fingerprint density at radius 3 is 2.82 bits per heavy atom. The number of carbonyl (C=O) groups is 3. The molecule has 1 saturated heterocycles. The predicted octanol–water partition coefficient (Wildman–Crippen LogP) is 3.02. The van der Waals surface area contributed by atoms with Gasteiger partial charge in [-0.1, -0.05) is 27.5 Å². The fraction of sp³-hybridized carbons (Fsp3) is 0.154. The van der Waals surface area contributed by atoms with Gasteiger partial charge in [0.15, 0.2) is 0 Å². The molecular formula is C13H9BrClNO5S. The van der Waals surface area contributed by atoms with Crippen LogP contribution in [0.4, 0.5) is 4.79 Å². The molecule has 0 aliphatic carbocycles. The topological polar surface area (TPSA) is 83.9 Å². The van der Waals surface area contributed by atoms with Crippen molar-refractivity contribution in [3.05, 3.63) is 32.1 Å². The number of hydrogen-bond acceptors (Lipinski definition) is 6. The Kier molecular flexibility index (Phi) is 5.15. The van der Waals surface area contributed by atoms with Crippen LogP contribution in [-0.2, 0) is 14.3 Å². The molecule has 6 nitrogen and oxygen atoms in total. The maximum atomic E-state index is 12.1. The second-order valence-electron chi connectivity index (χ2n) is 4.17. The number of rotatable bonds is 3. The number of imide groups is 1. The number of ether oxygens (including phenoxy) is 1. The van der Waals surface area contributed by atoms with Gasteiger partial charge in [-0.2, -0.15) is 0 Å². The second-order valence-corrected chi connectivity index (χ2v) is 6.49. The van der Waals surface area contributed by atoms with Gasteiger partial charge in [0.05, 0.1) is 17.0 Å². The number of thioether (sulfide) groups is 1. The van der Waals surface area contributed by atoms with Crippen LogP contribution in [0.5, 0.6) is 5.75 Å². The number of halogens is 2. The van der Waals surface area contributed by atoms with E-state index >= 15 is 0 Å². The summed E-state index contributed by atoms with van der Waals surface area (Å²) in [6.45, 7) is -0.455. The van der Waals surface area contributed by atoms with E-state index < -0.39 is 23.7 Å². The molecule has 0 aromatic heterocycles. The average Bonchev–Trinajstić information content (AvgIpc) is 2.71. The van der Waals surface area contributed by atoms with Crippen LogP contribution < -0.4 is 0 Å². The first-order chi connectivity index (χ1) is 10.3. The third kappa shape index (κ3) is 3.45. The minimum atomic E-state index is -0.697. The number of esters is 1. The molecule has 0 atom stereocenters. The van der Waals surface area contributed by atoms with Crippen molar-refractivity contribution in [1.29, 1.82) is 0 Å². The van der Waals surface area contributed by atoms with Crippen LogP contribution in [0.1, 0.15) is 5.56 Å². The standard InChI is InChI=1S/C13H9BrClNO5S/c1-21-10(17)5-16-12(19)9(22-13(16)20)3-6-2-7(14)4-8(15)11(6)18/h2-4,18H,5H2,1H3/b9-3+. The van der Waals surface area contributed by atoms with Gasteiger partial charge in [0.2, 0.25) is 0 Å². The smallest absolute Gasteiger partial charge is 0.325 e. The molecule has 0 spiro atoms. The zero-order chi connectivity index (χ0) is 16.4. The zero-order valence-corrected chi connectivity index (χ0v) is 14.3. The fourth-order valence-electron chi connectivity index (χ4n) is 1.67.